The first kappa shape index (κ1) is 11.6. The first-order valence-electron chi connectivity index (χ1n) is 2.67. The molecule has 0 saturated carbocycles. The third-order valence-corrected chi connectivity index (χ3v) is 3.63. The van der Waals surface area contributed by atoms with E-state index < -0.39 is 21.4 Å². The average Bonchev–Trinajstić information content (AvgIpc) is 1.88. The van der Waals surface area contributed by atoms with Crippen molar-refractivity contribution in [2.75, 3.05) is 0 Å². The van der Waals surface area contributed by atoms with Crippen molar-refractivity contribution in [2.45, 2.75) is 21.4 Å². The van der Waals surface area contributed by atoms with Crippen LogP contribution in [0.4, 0.5) is 26.3 Å². The Balaban J connectivity index is 3.24. The highest BCUT2D eigenvalue weighted by atomic mass is 79.9. The van der Waals surface area contributed by atoms with Gasteiger partial charge in [0.1, 0.15) is 0 Å². The van der Waals surface area contributed by atoms with Crippen LogP contribution in [-0.2, 0) is 4.74 Å². The zero-order chi connectivity index (χ0) is 10.7. The van der Waals surface area contributed by atoms with Gasteiger partial charge in [0.05, 0.1) is 0 Å². The highest BCUT2D eigenvalue weighted by Crippen LogP contribution is 2.64. The molecule has 0 bridgehead atoms. The predicted molar refractivity (Wildman–Crippen MR) is 36.5 cm³/mol. The minimum Gasteiger partial charge on any atom is -0.264 e. The molecule has 9 heteroatoms. The Morgan fingerprint density at radius 1 is 0.846 bits per heavy atom. The van der Waals surface area contributed by atoms with Gasteiger partial charge in [-0.25, -0.2) is 4.39 Å². The number of ether oxygens (including phenoxy) is 1. The maximum Gasteiger partial charge on any atom is 0.427 e. The summed E-state index contributed by atoms with van der Waals surface area (Å²) >= 11 is 3.16. The molecule has 0 amide bonds. The Bertz CT molecular complexity index is 215. The van der Waals surface area contributed by atoms with E-state index in [-0.39, 0.29) is 0 Å². The smallest absolute Gasteiger partial charge is 0.264 e. The van der Waals surface area contributed by atoms with Gasteiger partial charge in [-0.05, 0) is 31.9 Å². The third-order valence-electron chi connectivity index (χ3n) is 1.38. The fraction of sp³-hybridized carbons (Fsp3) is 1.00. The zero-order valence-electron chi connectivity index (χ0n) is 5.43. The van der Waals surface area contributed by atoms with E-state index >= 15 is 0 Å². The van der Waals surface area contributed by atoms with Crippen molar-refractivity contribution in [1.82, 2.24) is 0 Å². The van der Waals surface area contributed by atoms with Crippen LogP contribution in [-0.4, -0.2) is 21.4 Å². The number of halogens is 8. The molecule has 13 heavy (non-hydrogen) atoms. The molecule has 0 aromatic rings. The SMILES string of the molecule is FC1(F)OC(F)(Br)C(F)(Br)C1(F)F. The lowest BCUT2D eigenvalue weighted by Crippen LogP contribution is -2.49. The van der Waals surface area contributed by atoms with E-state index in [2.05, 4.69) is 4.74 Å². The molecule has 2 unspecified atom stereocenters. The Hall–Kier alpha value is 0.500. The van der Waals surface area contributed by atoms with E-state index in [0.29, 0.717) is 0 Å². The third kappa shape index (κ3) is 1.23. The lowest BCUT2D eigenvalue weighted by atomic mass is 10.2. The molecule has 1 saturated heterocycles. The summed E-state index contributed by atoms with van der Waals surface area (Å²) in [5, 5.41) is 0. The molecule has 0 spiro atoms. The topological polar surface area (TPSA) is 9.23 Å². The monoisotopic (exact) mass is 336 g/mol. The van der Waals surface area contributed by atoms with Gasteiger partial charge in [0.15, 0.2) is 0 Å². The molecule has 0 aliphatic carbocycles. The van der Waals surface area contributed by atoms with Gasteiger partial charge in [0, 0.05) is 0 Å². The highest BCUT2D eigenvalue weighted by Gasteiger charge is 2.87. The van der Waals surface area contributed by atoms with Crippen molar-refractivity contribution in [2.24, 2.45) is 0 Å². The van der Waals surface area contributed by atoms with Crippen LogP contribution in [0.15, 0.2) is 0 Å². The van der Waals surface area contributed by atoms with Gasteiger partial charge in [-0.3, -0.25) is 4.74 Å². The average molecular weight is 338 g/mol. The minimum absolute atomic E-state index is 1.52. The molecular weight excluding hydrogens is 338 g/mol. The second-order valence-electron chi connectivity index (χ2n) is 2.28. The summed E-state index contributed by atoms with van der Waals surface area (Å²) in [6.45, 7) is 0. The van der Waals surface area contributed by atoms with Crippen LogP contribution in [0.5, 0.6) is 0 Å². The van der Waals surface area contributed by atoms with Crippen LogP contribution in [0.1, 0.15) is 0 Å². The van der Waals surface area contributed by atoms with Gasteiger partial charge in [-0.15, -0.1) is 0 Å². The number of hydrogen-bond donors (Lipinski definition) is 0. The quantitative estimate of drug-likeness (QED) is 0.487. The fourth-order valence-corrected chi connectivity index (χ4v) is 1.42. The first-order chi connectivity index (χ1) is 5.46. The molecule has 1 aliphatic rings. The van der Waals surface area contributed by atoms with Crippen molar-refractivity contribution in [1.29, 1.82) is 0 Å². The fourth-order valence-electron chi connectivity index (χ4n) is 0.655. The van der Waals surface area contributed by atoms with Crippen molar-refractivity contribution in [3.8, 4) is 0 Å². The van der Waals surface area contributed by atoms with E-state index in [4.69, 9.17) is 0 Å². The van der Waals surface area contributed by atoms with Crippen LogP contribution >= 0.6 is 31.9 Å². The van der Waals surface area contributed by atoms with Gasteiger partial charge in [-0.1, -0.05) is 0 Å². The Morgan fingerprint density at radius 2 is 1.23 bits per heavy atom. The Kier molecular flexibility index (Phi) is 2.26. The van der Waals surface area contributed by atoms with Gasteiger partial charge in [-0.2, -0.15) is 22.0 Å². The molecule has 0 aromatic carbocycles. The summed E-state index contributed by atoms with van der Waals surface area (Å²) in [5.41, 5.74) is 0. The first-order valence-corrected chi connectivity index (χ1v) is 4.26. The van der Waals surface area contributed by atoms with Crippen molar-refractivity contribution in [3.63, 3.8) is 0 Å². The lowest BCUT2D eigenvalue weighted by Gasteiger charge is -2.23. The van der Waals surface area contributed by atoms with Crippen molar-refractivity contribution < 1.29 is 31.1 Å². The van der Waals surface area contributed by atoms with E-state index in [1.165, 1.54) is 15.9 Å². The number of alkyl halides is 8. The highest BCUT2D eigenvalue weighted by molar-refractivity contribution is 9.12. The maximum atomic E-state index is 12.8. The van der Waals surface area contributed by atoms with Crippen LogP contribution in [0.2, 0.25) is 0 Å². The van der Waals surface area contributed by atoms with E-state index in [1.807, 2.05) is 0 Å². The van der Waals surface area contributed by atoms with Crippen LogP contribution in [0, 0.1) is 0 Å². The van der Waals surface area contributed by atoms with Gasteiger partial charge in [0.25, 0.3) is 0 Å². The molecule has 2 atom stereocenters. The Morgan fingerprint density at radius 3 is 1.31 bits per heavy atom. The second-order valence-corrected chi connectivity index (χ2v) is 4.40. The maximum absolute atomic E-state index is 12.8. The molecule has 1 rings (SSSR count). The molecule has 1 aliphatic heterocycles. The Labute approximate surface area is 84.7 Å². The summed E-state index contributed by atoms with van der Waals surface area (Å²) in [6.07, 6.45) is -5.22. The van der Waals surface area contributed by atoms with Crippen LogP contribution in [0.3, 0.4) is 0 Å². The minimum atomic E-state index is -5.31. The largest absolute Gasteiger partial charge is 0.427 e. The lowest BCUT2D eigenvalue weighted by molar-refractivity contribution is -0.323. The van der Waals surface area contributed by atoms with Gasteiger partial charge in [0.2, 0.25) is 0 Å². The molecule has 1 fully saturated rings. The van der Waals surface area contributed by atoms with Crippen molar-refractivity contribution >= 4 is 31.9 Å². The summed E-state index contributed by atoms with van der Waals surface area (Å²) in [5.74, 6) is -5.31. The summed E-state index contributed by atoms with van der Waals surface area (Å²) in [7, 11) is 0. The standard InChI is InChI=1S/C4Br2F6O/c5-1(7)2(8,9)4(11,12)13-3(1,6)10. The zero-order valence-corrected chi connectivity index (χ0v) is 8.60. The molecule has 1 nitrogen and oxygen atoms in total. The van der Waals surface area contributed by atoms with E-state index in [0.717, 1.165) is 0 Å². The normalized spacial score (nSPS) is 48.0. The molecule has 0 N–H and O–H groups in total. The summed E-state index contributed by atoms with van der Waals surface area (Å²) < 4.78 is 69.4. The molecule has 1 heterocycles. The van der Waals surface area contributed by atoms with Crippen LogP contribution < -0.4 is 0 Å². The summed E-state index contributed by atoms with van der Waals surface area (Å²) in [6, 6.07) is 0. The molecular formula is C4Br2F6O. The van der Waals surface area contributed by atoms with E-state index in [1.54, 1.807) is 15.9 Å². The number of hydrogen-bond acceptors (Lipinski definition) is 1. The molecule has 0 aromatic heterocycles. The molecule has 78 valence electrons. The summed E-state index contributed by atoms with van der Waals surface area (Å²) in [4.78, 5) is 0. The van der Waals surface area contributed by atoms with Crippen molar-refractivity contribution in [3.05, 3.63) is 0 Å². The van der Waals surface area contributed by atoms with Gasteiger partial charge < -0.3 is 0 Å². The second kappa shape index (κ2) is 2.54. The van der Waals surface area contributed by atoms with E-state index in [9.17, 15) is 26.3 Å². The molecule has 0 radical (unpaired) electrons. The van der Waals surface area contributed by atoms with Gasteiger partial charge >= 0.3 is 21.4 Å². The van der Waals surface area contributed by atoms with Crippen LogP contribution in [0.25, 0.3) is 0 Å². The predicted octanol–water partition coefficient (Wildman–Crippen LogP) is 3.32. The number of rotatable bonds is 0.